The van der Waals surface area contributed by atoms with E-state index in [1.165, 1.54) is 11.5 Å². The van der Waals surface area contributed by atoms with Crippen LogP contribution in [0.3, 0.4) is 0 Å². The predicted molar refractivity (Wildman–Crippen MR) is 117 cm³/mol. The third-order valence-electron chi connectivity index (χ3n) is 4.70. The number of hydrogen-bond donors (Lipinski definition) is 2. The van der Waals surface area contributed by atoms with Gasteiger partial charge < -0.3 is 15.1 Å². The zero-order valence-electron chi connectivity index (χ0n) is 15.2. The smallest absolute Gasteiger partial charge is 0.349 e. The fourth-order valence-corrected chi connectivity index (χ4v) is 3.97. The second kappa shape index (κ2) is 9.52. The molecule has 1 fully saturated rings. The molecule has 4 rings (SSSR count). The number of rotatable bonds is 3. The van der Waals surface area contributed by atoms with Crippen LogP contribution >= 0.6 is 36.3 Å². The Morgan fingerprint density at radius 2 is 2.14 bits per heavy atom. The van der Waals surface area contributed by atoms with Crippen LogP contribution in [0.2, 0.25) is 0 Å². The lowest BCUT2D eigenvalue weighted by Gasteiger charge is -2.22. The fourth-order valence-electron chi connectivity index (χ4n) is 3.35. The summed E-state index contributed by atoms with van der Waals surface area (Å²) in [6.45, 7) is 3.56. The van der Waals surface area contributed by atoms with E-state index in [1.807, 2.05) is 18.2 Å². The number of carbonyl (C=O) groups excluding carboxylic acids is 1. The van der Waals surface area contributed by atoms with E-state index in [0.29, 0.717) is 17.0 Å². The number of aryl methyl sites for hydroxylation is 1. The van der Waals surface area contributed by atoms with E-state index in [9.17, 15) is 9.59 Å². The van der Waals surface area contributed by atoms with E-state index in [4.69, 9.17) is 4.42 Å². The summed E-state index contributed by atoms with van der Waals surface area (Å²) in [6.07, 6.45) is 3.79. The van der Waals surface area contributed by atoms with Crippen molar-refractivity contribution < 1.29 is 9.21 Å². The maximum Gasteiger partial charge on any atom is 0.349 e. The number of piperidine rings is 1. The van der Waals surface area contributed by atoms with Gasteiger partial charge in [-0.1, -0.05) is 0 Å². The van der Waals surface area contributed by atoms with Gasteiger partial charge in [0.15, 0.2) is 0 Å². The van der Waals surface area contributed by atoms with Crippen LogP contribution in [-0.2, 0) is 0 Å². The van der Waals surface area contributed by atoms with E-state index in [2.05, 4.69) is 15.0 Å². The zero-order chi connectivity index (χ0) is 18.1. The van der Waals surface area contributed by atoms with Crippen LogP contribution in [-0.4, -0.2) is 23.4 Å². The van der Waals surface area contributed by atoms with Gasteiger partial charge in [-0.25, -0.2) is 4.79 Å². The van der Waals surface area contributed by atoms with E-state index < -0.39 is 11.5 Å². The van der Waals surface area contributed by atoms with Crippen LogP contribution in [0.4, 0.5) is 5.69 Å². The molecule has 150 valence electrons. The zero-order valence-corrected chi connectivity index (χ0v) is 17.6. The number of halogens is 2. The SMILES string of the molecule is Cc1cc(C2CCCNC2)oc(=O)c1C(=O)Nc1ccc2sncc2c1.Cl.Cl. The highest BCUT2D eigenvalue weighted by molar-refractivity contribution is 7.13. The Bertz CT molecular complexity index is 1030. The van der Waals surface area contributed by atoms with Gasteiger partial charge in [-0.05, 0) is 67.7 Å². The Kier molecular flexibility index (Phi) is 7.60. The van der Waals surface area contributed by atoms with Crippen molar-refractivity contribution in [2.24, 2.45) is 0 Å². The van der Waals surface area contributed by atoms with Crippen LogP contribution in [0.15, 0.2) is 39.7 Å². The first kappa shape index (κ1) is 22.4. The summed E-state index contributed by atoms with van der Waals surface area (Å²) >= 11 is 1.40. The molecule has 0 spiro atoms. The van der Waals surface area contributed by atoms with Gasteiger partial charge in [-0.2, -0.15) is 4.37 Å². The number of amides is 1. The van der Waals surface area contributed by atoms with Gasteiger partial charge in [-0.3, -0.25) is 4.79 Å². The molecule has 2 aromatic heterocycles. The van der Waals surface area contributed by atoms with Gasteiger partial charge in [0.25, 0.3) is 5.91 Å². The lowest BCUT2D eigenvalue weighted by molar-refractivity contribution is 0.102. The van der Waals surface area contributed by atoms with Crippen molar-refractivity contribution in [3.05, 3.63) is 57.8 Å². The molecule has 0 aliphatic carbocycles. The Balaban J connectivity index is 0.00000140. The van der Waals surface area contributed by atoms with Crippen LogP contribution in [0.25, 0.3) is 10.1 Å². The molecule has 1 amide bonds. The Labute approximate surface area is 178 Å². The molecule has 1 atom stereocenters. The number of fused-ring (bicyclic) bond motifs is 1. The van der Waals surface area contributed by atoms with Gasteiger partial charge in [0.2, 0.25) is 0 Å². The third kappa shape index (κ3) is 4.55. The molecule has 3 aromatic rings. The van der Waals surface area contributed by atoms with Crippen LogP contribution in [0, 0.1) is 6.92 Å². The number of aromatic nitrogens is 1. The van der Waals surface area contributed by atoms with E-state index in [-0.39, 0.29) is 36.3 Å². The van der Waals surface area contributed by atoms with Crippen molar-refractivity contribution in [1.29, 1.82) is 0 Å². The topological polar surface area (TPSA) is 84.2 Å². The molecule has 0 radical (unpaired) electrons. The molecule has 28 heavy (non-hydrogen) atoms. The summed E-state index contributed by atoms with van der Waals surface area (Å²) in [5, 5.41) is 7.05. The number of hydrogen-bond acceptors (Lipinski definition) is 6. The first-order valence-electron chi connectivity index (χ1n) is 8.63. The summed E-state index contributed by atoms with van der Waals surface area (Å²) in [7, 11) is 0. The molecule has 1 unspecified atom stereocenters. The number of anilines is 1. The second-order valence-electron chi connectivity index (χ2n) is 6.57. The van der Waals surface area contributed by atoms with Crippen molar-refractivity contribution in [3.8, 4) is 0 Å². The van der Waals surface area contributed by atoms with Crippen molar-refractivity contribution >= 4 is 58.0 Å². The molecule has 1 saturated heterocycles. The highest BCUT2D eigenvalue weighted by Crippen LogP contribution is 2.25. The predicted octanol–water partition coefficient (Wildman–Crippen LogP) is 4.12. The first-order valence-corrected chi connectivity index (χ1v) is 9.40. The van der Waals surface area contributed by atoms with Crippen molar-refractivity contribution in [2.45, 2.75) is 25.7 Å². The minimum absolute atomic E-state index is 0. The highest BCUT2D eigenvalue weighted by atomic mass is 35.5. The molecule has 3 heterocycles. The van der Waals surface area contributed by atoms with Crippen LogP contribution in [0.1, 0.15) is 40.4 Å². The third-order valence-corrected chi connectivity index (χ3v) is 5.48. The summed E-state index contributed by atoms with van der Waals surface area (Å²) < 4.78 is 10.6. The van der Waals surface area contributed by atoms with E-state index in [0.717, 1.165) is 36.0 Å². The molecule has 0 bridgehead atoms. The van der Waals surface area contributed by atoms with Crippen LogP contribution < -0.4 is 16.3 Å². The maximum atomic E-state index is 12.6. The quantitative estimate of drug-likeness (QED) is 0.638. The highest BCUT2D eigenvalue weighted by Gasteiger charge is 2.22. The van der Waals surface area contributed by atoms with Gasteiger partial charge in [-0.15, -0.1) is 24.8 Å². The standard InChI is InChI=1S/C19H19N3O3S.2ClH/c1-11-7-15(12-3-2-6-20-9-12)25-19(24)17(11)18(23)22-14-4-5-16-13(8-14)10-21-26-16;;/h4-5,7-8,10,12,20H,2-3,6,9H2,1H3,(H,22,23);2*1H. The molecule has 1 aliphatic rings. The lowest BCUT2D eigenvalue weighted by Crippen LogP contribution is -2.30. The van der Waals surface area contributed by atoms with Crippen molar-refractivity contribution in [2.75, 3.05) is 18.4 Å². The second-order valence-corrected chi connectivity index (χ2v) is 7.40. The Hall–Kier alpha value is -1.93. The Morgan fingerprint density at radius 3 is 2.86 bits per heavy atom. The summed E-state index contributed by atoms with van der Waals surface area (Å²) in [5.74, 6) is 0.384. The molecule has 0 saturated carbocycles. The van der Waals surface area contributed by atoms with Crippen LogP contribution in [0.5, 0.6) is 0 Å². The molecule has 6 nitrogen and oxygen atoms in total. The van der Waals surface area contributed by atoms with Crippen molar-refractivity contribution in [1.82, 2.24) is 9.69 Å². The van der Waals surface area contributed by atoms with Gasteiger partial charge >= 0.3 is 5.63 Å². The molecular formula is C19H21Cl2N3O3S. The average Bonchev–Trinajstić information content (AvgIpc) is 3.09. The number of nitrogens with one attached hydrogen (secondary N) is 2. The Morgan fingerprint density at radius 1 is 1.32 bits per heavy atom. The van der Waals surface area contributed by atoms with E-state index >= 15 is 0 Å². The number of nitrogens with zero attached hydrogens (tertiary/aromatic N) is 1. The summed E-state index contributed by atoms with van der Waals surface area (Å²) in [4.78, 5) is 25.1. The summed E-state index contributed by atoms with van der Waals surface area (Å²) in [6, 6.07) is 7.37. The van der Waals surface area contributed by atoms with Gasteiger partial charge in [0, 0.05) is 29.7 Å². The number of carbonyl (C=O) groups is 1. The number of benzene rings is 1. The minimum Gasteiger partial charge on any atom is -0.427 e. The molecular weight excluding hydrogens is 421 g/mol. The molecule has 1 aromatic carbocycles. The molecule has 1 aliphatic heterocycles. The van der Waals surface area contributed by atoms with Gasteiger partial charge in [0.1, 0.15) is 11.3 Å². The average molecular weight is 442 g/mol. The maximum absolute atomic E-state index is 12.6. The minimum atomic E-state index is -0.582. The lowest BCUT2D eigenvalue weighted by atomic mass is 9.95. The largest absolute Gasteiger partial charge is 0.427 e. The monoisotopic (exact) mass is 441 g/mol. The first-order chi connectivity index (χ1) is 12.6. The van der Waals surface area contributed by atoms with E-state index in [1.54, 1.807) is 19.2 Å². The molecule has 9 heteroatoms. The molecule has 2 N–H and O–H groups in total. The summed E-state index contributed by atoms with van der Waals surface area (Å²) in [5.41, 5.74) is 0.738. The van der Waals surface area contributed by atoms with Gasteiger partial charge in [0.05, 0.1) is 4.70 Å². The fraction of sp³-hybridized carbons (Fsp3) is 0.316. The normalized spacial score (nSPS) is 16.1. The van der Waals surface area contributed by atoms with Crippen molar-refractivity contribution in [3.63, 3.8) is 0 Å².